The molecule has 0 aliphatic heterocycles. The third-order valence-electron chi connectivity index (χ3n) is 2.16. The molecule has 0 aromatic carbocycles. The smallest absolute Gasteiger partial charge is 0.148 e. The summed E-state index contributed by atoms with van der Waals surface area (Å²) >= 11 is 0. The highest BCUT2D eigenvalue weighted by Crippen LogP contribution is 2.31. The molecule has 0 amide bonds. The lowest BCUT2D eigenvalue weighted by Gasteiger charge is -2.32. The van der Waals surface area contributed by atoms with Crippen LogP contribution in [0, 0.1) is 12.3 Å². The van der Waals surface area contributed by atoms with Crippen LogP contribution in [0.15, 0.2) is 0 Å². The average Bonchev–Trinajstić information content (AvgIpc) is 2.29. The van der Waals surface area contributed by atoms with Crippen LogP contribution in [-0.2, 0) is 5.54 Å². The molecule has 4 nitrogen and oxygen atoms in total. The second-order valence-corrected chi connectivity index (χ2v) is 5.69. The average molecular weight is 196 g/mol. The van der Waals surface area contributed by atoms with Crippen LogP contribution >= 0.6 is 0 Å². The molecule has 14 heavy (non-hydrogen) atoms. The standard InChI is InChI=1S/C10H20N4/c1-8-11-12-13-14(8)10(5,6)7-9(2,3)4/h7H2,1-6H3. The van der Waals surface area contributed by atoms with Gasteiger partial charge in [0, 0.05) is 0 Å². The van der Waals surface area contributed by atoms with Crippen molar-refractivity contribution in [1.29, 1.82) is 0 Å². The highest BCUT2D eigenvalue weighted by molar-refractivity contribution is 4.87. The number of nitrogens with zero attached hydrogens (tertiary/aromatic N) is 4. The minimum absolute atomic E-state index is 0.0220. The van der Waals surface area contributed by atoms with Crippen molar-refractivity contribution in [2.24, 2.45) is 5.41 Å². The first-order valence-corrected chi connectivity index (χ1v) is 4.98. The van der Waals surface area contributed by atoms with Crippen LogP contribution < -0.4 is 0 Å². The Hall–Kier alpha value is -0.930. The van der Waals surface area contributed by atoms with E-state index in [9.17, 15) is 0 Å². The van der Waals surface area contributed by atoms with Crippen molar-refractivity contribution < 1.29 is 0 Å². The minimum Gasteiger partial charge on any atom is -0.224 e. The fourth-order valence-electron chi connectivity index (χ4n) is 2.16. The van der Waals surface area contributed by atoms with Gasteiger partial charge in [0.2, 0.25) is 0 Å². The van der Waals surface area contributed by atoms with E-state index in [0.29, 0.717) is 0 Å². The highest BCUT2D eigenvalue weighted by atomic mass is 15.6. The van der Waals surface area contributed by atoms with Gasteiger partial charge >= 0.3 is 0 Å². The van der Waals surface area contributed by atoms with Gasteiger partial charge in [0.05, 0.1) is 5.54 Å². The number of aryl methyl sites for hydroxylation is 1. The van der Waals surface area contributed by atoms with Crippen molar-refractivity contribution >= 4 is 0 Å². The molecule has 0 spiro atoms. The van der Waals surface area contributed by atoms with E-state index in [1.54, 1.807) is 0 Å². The maximum absolute atomic E-state index is 4.03. The van der Waals surface area contributed by atoms with Crippen molar-refractivity contribution in [3.63, 3.8) is 0 Å². The lowest BCUT2D eigenvalue weighted by Crippen LogP contribution is -2.33. The molecule has 0 bridgehead atoms. The molecule has 80 valence electrons. The first kappa shape index (κ1) is 11.1. The second-order valence-electron chi connectivity index (χ2n) is 5.69. The summed E-state index contributed by atoms with van der Waals surface area (Å²) in [5, 5.41) is 11.6. The van der Waals surface area contributed by atoms with E-state index in [1.807, 2.05) is 11.6 Å². The van der Waals surface area contributed by atoms with Gasteiger partial charge in [0.25, 0.3) is 0 Å². The Morgan fingerprint density at radius 3 is 2.07 bits per heavy atom. The summed E-state index contributed by atoms with van der Waals surface area (Å²) in [5.74, 6) is 0.874. The van der Waals surface area contributed by atoms with Gasteiger partial charge in [0.1, 0.15) is 5.82 Å². The number of aromatic nitrogens is 4. The van der Waals surface area contributed by atoms with Crippen molar-refractivity contribution in [2.45, 2.75) is 53.5 Å². The Balaban J connectivity index is 2.91. The van der Waals surface area contributed by atoms with Gasteiger partial charge in [-0.05, 0) is 43.0 Å². The van der Waals surface area contributed by atoms with E-state index in [1.165, 1.54) is 0 Å². The van der Waals surface area contributed by atoms with Crippen LogP contribution in [0.4, 0.5) is 0 Å². The van der Waals surface area contributed by atoms with E-state index in [-0.39, 0.29) is 11.0 Å². The summed E-state index contributed by atoms with van der Waals surface area (Å²) in [7, 11) is 0. The van der Waals surface area contributed by atoms with E-state index in [4.69, 9.17) is 0 Å². The number of rotatable bonds is 2. The Morgan fingerprint density at radius 1 is 1.14 bits per heavy atom. The van der Waals surface area contributed by atoms with Crippen molar-refractivity contribution in [2.75, 3.05) is 0 Å². The molecule has 1 aromatic rings. The fourth-order valence-corrected chi connectivity index (χ4v) is 2.16. The topological polar surface area (TPSA) is 43.6 Å². The molecule has 0 saturated carbocycles. The van der Waals surface area contributed by atoms with Crippen molar-refractivity contribution in [1.82, 2.24) is 20.2 Å². The molecule has 4 heteroatoms. The molecule has 0 aliphatic rings. The van der Waals surface area contributed by atoms with E-state index in [2.05, 4.69) is 50.1 Å². The maximum atomic E-state index is 4.03. The van der Waals surface area contributed by atoms with Gasteiger partial charge in [-0.3, -0.25) is 0 Å². The molecule has 1 rings (SSSR count). The second kappa shape index (κ2) is 3.33. The van der Waals surface area contributed by atoms with Crippen molar-refractivity contribution in [3.8, 4) is 0 Å². The summed E-state index contributed by atoms with van der Waals surface area (Å²) < 4.78 is 1.90. The Morgan fingerprint density at radius 2 is 1.71 bits per heavy atom. The summed E-state index contributed by atoms with van der Waals surface area (Å²) in [6.45, 7) is 13.0. The maximum Gasteiger partial charge on any atom is 0.148 e. The molecule has 0 aliphatic carbocycles. The largest absolute Gasteiger partial charge is 0.224 e. The third kappa shape index (κ3) is 2.53. The zero-order valence-electron chi connectivity index (χ0n) is 10.00. The van der Waals surface area contributed by atoms with Gasteiger partial charge in [-0.1, -0.05) is 20.8 Å². The van der Waals surface area contributed by atoms with Gasteiger partial charge in [-0.2, -0.15) is 0 Å². The first-order valence-electron chi connectivity index (χ1n) is 4.98. The molecule has 0 fully saturated rings. The summed E-state index contributed by atoms with van der Waals surface area (Å²) in [4.78, 5) is 0. The zero-order chi connectivity index (χ0) is 11.0. The molecule has 0 unspecified atom stereocenters. The highest BCUT2D eigenvalue weighted by Gasteiger charge is 2.29. The summed E-state index contributed by atoms with van der Waals surface area (Å²) in [5.41, 5.74) is 0.258. The van der Waals surface area contributed by atoms with Crippen LogP contribution in [0.2, 0.25) is 0 Å². The quantitative estimate of drug-likeness (QED) is 0.728. The van der Waals surface area contributed by atoms with Gasteiger partial charge < -0.3 is 0 Å². The monoisotopic (exact) mass is 196 g/mol. The van der Waals surface area contributed by atoms with Crippen molar-refractivity contribution in [3.05, 3.63) is 5.82 Å². The number of hydrogen-bond donors (Lipinski definition) is 0. The lowest BCUT2D eigenvalue weighted by atomic mass is 9.82. The van der Waals surface area contributed by atoms with E-state index < -0.39 is 0 Å². The van der Waals surface area contributed by atoms with Crippen LogP contribution in [0.3, 0.4) is 0 Å². The summed E-state index contributed by atoms with van der Waals surface area (Å²) in [6.07, 6.45) is 1.05. The lowest BCUT2D eigenvalue weighted by molar-refractivity contribution is 0.192. The van der Waals surface area contributed by atoms with E-state index >= 15 is 0 Å². The van der Waals surface area contributed by atoms with Crippen LogP contribution in [0.1, 0.15) is 46.9 Å². The predicted octanol–water partition coefficient (Wildman–Crippen LogP) is 2.15. The molecule has 0 radical (unpaired) electrons. The molecule has 1 aromatic heterocycles. The molecular weight excluding hydrogens is 176 g/mol. The minimum atomic E-state index is -0.0220. The van der Waals surface area contributed by atoms with Gasteiger partial charge in [-0.15, -0.1) is 5.10 Å². The zero-order valence-corrected chi connectivity index (χ0v) is 10.00. The molecule has 0 saturated heterocycles. The van der Waals surface area contributed by atoms with Crippen LogP contribution in [-0.4, -0.2) is 20.2 Å². The van der Waals surface area contributed by atoms with Gasteiger partial charge in [0.15, 0.2) is 0 Å². The van der Waals surface area contributed by atoms with Crippen LogP contribution in [0.25, 0.3) is 0 Å². The fraction of sp³-hybridized carbons (Fsp3) is 0.900. The van der Waals surface area contributed by atoms with Gasteiger partial charge in [-0.25, -0.2) is 4.68 Å². The molecule has 0 atom stereocenters. The third-order valence-corrected chi connectivity index (χ3v) is 2.16. The predicted molar refractivity (Wildman–Crippen MR) is 55.9 cm³/mol. The number of tetrazole rings is 1. The Bertz CT molecular complexity index is 306. The molecule has 1 heterocycles. The Labute approximate surface area is 85.7 Å². The first-order chi connectivity index (χ1) is 6.22. The summed E-state index contributed by atoms with van der Waals surface area (Å²) in [6, 6.07) is 0. The molecular formula is C10H20N4. The number of hydrogen-bond acceptors (Lipinski definition) is 3. The molecule has 0 N–H and O–H groups in total. The normalized spacial score (nSPS) is 13.3. The Kier molecular flexibility index (Phi) is 2.65. The van der Waals surface area contributed by atoms with Crippen LogP contribution in [0.5, 0.6) is 0 Å². The van der Waals surface area contributed by atoms with E-state index in [0.717, 1.165) is 12.2 Å². The SMILES string of the molecule is Cc1nnnn1C(C)(C)CC(C)(C)C.